The molecule has 124 valence electrons. The van der Waals surface area contributed by atoms with Crippen molar-refractivity contribution in [3.8, 4) is 5.69 Å². The summed E-state index contributed by atoms with van der Waals surface area (Å²) in [5.41, 5.74) is 2.24. The molecule has 0 unspecified atom stereocenters. The van der Waals surface area contributed by atoms with Gasteiger partial charge in [-0.3, -0.25) is 9.36 Å². The highest BCUT2D eigenvalue weighted by Gasteiger charge is 2.19. The van der Waals surface area contributed by atoms with Gasteiger partial charge in [0.2, 0.25) is 0 Å². The lowest BCUT2D eigenvalue weighted by Crippen LogP contribution is -2.35. The molecule has 3 aromatic heterocycles. The maximum Gasteiger partial charge on any atom is 0.269 e. The predicted octanol–water partition coefficient (Wildman–Crippen LogP) is 3.60. The molecule has 3 aromatic rings. The van der Waals surface area contributed by atoms with E-state index in [0.717, 1.165) is 42.7 Å². The molecule has 1 fully saturated rings. The first kappa shape index (κ1) is 15.3. The van der Waals surface area contributed by atoms with E-state index >= 15 is 0 Å². The van der Waals surface area contributed by atoms with Gasteiger partial charge in [-0.15, -0.1) is 4.98 Å². The maximum absolute atomic E-state index is 12.6. The van der Waals surface area contributed by atoms with E-state index in [1.54, 1.807) is 18.5 Å². The van der Waals surface area contributed by atoms with Gasteiger partial charge in [-0.2, -0.15) is 0 Å². The van der Waals surface area contributed by atoms with Crippen LogP contribution < -0.4 is 0 Å². The fraction of sp³-hybridized carbons (Fsp3) is 0.263. The van der Waals surface area contributed by atoms with Crippen molar-refractivity contribution < 1.29 is 4.79 Å². The third-order valence-corrected chi connectivity index (χ3v) is 4.54. The zero-order valence-electron chi connectivity index (χ0n) is 13.7. The lowest BCUT2D eigenvalue weighted by Gasteiger charge is -2.26. The van der Waals surface area contributed by atoms with E-state index in [0.29, 0.717) is 11.4 Å². The van der Waals surface area contributed by atoms with Gasteiger partial charge in [0.05, 0.1) is 11.3 Å². The molecule has 1 aliphatic rings. The molecule has 0 bridgehead atoms. The summed E-state index contributed by atoms with van der Waals surface area (Å²) in [6, 6.07) is 7.37. The van der Waals surface area contributed by atoms with Crippen molar-refractivity contribution in [3.05, 3.63) is 59.8 Å². The Bertz CT molecular complexity index is 962. The number of carbonyl (C=O) groups is 1. The average molecular weight is 331 g/mol. The summed E-state index contributed by atoms with van der Waals surface area (Å²) in [6.45, 7) is 8.64. The summed E-state index contributed by atoms with van der Waals surface area (Å²) in [5.74, 6) is 0.424. The summed E-state index contributed by atoms with van der Waals surface area (Å²) in [7, 11) is 0. The molecule has 6 heteroatoms. The quantitative estimate of drug-likeness (QED) is 0.674. The summed E-state index contributed by atoms with van der Waals surface area (Å²) in [4.78, 5) is 26.5. The molecule has 0 aromatic carbocycles. The monoisotopic (exact) mass is 331 g/mol. The molecule has 25 heavy (non-hydrogen) atoms. The minimum Gasteiger partial charge on any atom is -0.361 e. The van der Waals surface area contributed by atoms with Crippen LogP contribution >= 0.6 is 0 Å². The normalized spacial score (nSPS) is 14.4. The van der Waals surface area contributed by atoms with Crippen molar-refractivity contribution >= 4 is 22.8 Å². The molecular formula is C19H17N5O. The number of rotatable bonds is 2. The van der Waals surface area contributed by atoms with Gasteiger partial charge in [0, 0.05) is 30.9 Å². The first-order chi connectivity index (χ1) is 12.3. The second-order valence-corrected chi connectivity index (χ2v) is 6.16. The number of carbonyl (C=O) groups excluding carboxylic acids is 1. The molecule has 6 nitrogen and oxygen atoms in total. The van der Waals surface area contributed by atoms with Crippen LogP contribution in [0.2, 0.25) is 0 Å². The first-order valence-corrected chi connectivity index (χ1v) is 8.36. The number of fused-ring (bicyclic) bond motifs is 1. The van der Waals surface area contributed by atoms with Gasteiger partial charge in [-0.25, -0.2) is 4.98 Å². The van der Waals surface area contributed by atoms with Gasteiger partial charge >= 0.3 is 0 Å². The predicted molar refractivity (Wildman–Crippen MR) is 94.9 cm³/mol. The summed E-state index contributed by atoms with van der Waals surface area (Å²) in [5, 5.41) is 0.914. The zero-order chi connectivity index (χ0) is 17.2. The minimum absolute atomic E-state index is 0.0601. The molecule has 0 aliphatic carbocycles. The fourth-order valence-corrected chi connectivity index (χ4v) is 3.22. The molecule has 0 atom stereocenters. The van der Waals surface area contributed by atoms with Crippen LogP contribution in [0.3, 0.4) is 0 Å². The number of pyridine rings is 2. The number of amides is 1. The number of hydrogen-bond acceptors (Lipinski definition) is 3. The van der Waals surface area contributed by atoms with Crippen LogP contribution in [0.4, 0.5) is 5.82 Å². The Balaban J connectivity index is 1.66. The van der Waals surface area contributed by atoms with Gasteiger partial charge < -0.3 is 9.74 Å². The van der Waals surface area contributed by atoms with E-state index in [1.165, 1.54) is 6.42 Å². The Labute approximate surface area is 145 Å². The smallest absolute Gasteiger partial charge is 0.269 e. The highest BCUT2D eigenvalue weighted by molar-refractivity contribution is 5.97. The molecular weight excluding hydrogens is 314 g/mol. The van der Waals surface area contributed by atoms with Crippen molar-refractivity contribution in [1.82, 2.24) is 19.4 Å². The van der Waals surface area contributed by atoms with E-state index < -0.39 is 0 Å². The van der Waals surface area contributed by atoms with Gasteiger partial charge in [0.15, 0.2) is 0 Å². The molecule has 1 amide bonds. The van der Waals surface area contributed by atoms with Crippen molar-refractivity contribution in [1.29, 1.82) is 0 Å². The van der Waals surface area contributed by atoms with Crippen molar-refractivity contribution in [3.63, 3.8) is 0 Å². The molecule has 4 heterocycles. The topological polar surface area (TPSA) is 55.4 Å². The van der Waals surface area contributed by atoms with Gasteiger partial charge in [-0.1, -0.05) is 6.57 Å². The number of likely N-dealkylation sites (tertiary alicyclic amines) is 1. The molecule has 0 spiro atoms. The Kier molecular flexibility index (Phi) is 3.90. The minimum atomic E-state index is 0.0601. The average Bonchev–Trinajstić information content (AvgIpc) is 3.11. The maximum atomic E-state index is 12.6. The molecule has 1 saturated heterocycles. The standard InChI is InChI=1S/C19H17N5O/c1-20-17-6-5-16(13-21-17)24-10-7-14-11-15(12-22-18(14)24)19(25)23-8-3-2-4-9-23/h5-7,10-13H,2-4,8-9H2. The first-order valence-electron chi connectivity index (χ1n) is 8.36. The second-order valence-electron chi connectivity index (χ2n) is 6.16. The van der Waals surface area contributed by atoms with Crippen LogP contribution in [0.5, 0.6) is 0 Å². The van der Waals surface area contributed by atoms with Crippen LogP contribution in [0, 0.1) is 6.57 Å². The SMILES string of the molecule is [C-]#[N+]c1ccc(-n2ccc3cc(C(=O)N4CCCCC4)cnc32)cn1. The Hall–Kier alpha value is -3.20. The number of hydrogen-bond donors (Lipinski definition) is 0. The van der Waals surface area contributed by atoms with E-state index in [2.05, 4.69) is 14.8 Å². The van der Waals surface area contributed by atoms with Crippen LogP contribution in [-0.2, 0) is 0 Å². The molecule has 0 radical (unpaired) electrons. The molecule has 4 rings (SSSR count). The highest BCUT2D eigenvalue weighted by atomic mass is 16.2. The molecule has 0 N–H and O–H groups in total. The third kappa shape index (κ3) is 2.85. The van der Waals surface area contributed by atoms with Crippen molar-refractivity contribution in [2.75, 3.05) is 13.1 Å². The van der Waals surface area contributed by atoms with E-state index in [9.17, 15) is 4.79 Å². The van der Waals surface area contributed by atoms with Crippen LogP contribution in [0.1, 0.15) is 29.6 Å². The third-order valence-electron chi connectivity index (χ3n) is 4.54. The van der Waals surface area contributed by atoms with Gasteiger partial charge in [0.25, 0.3) is 11.7 Å². The second kappa shape index (κ2) is 6.36. The number of piperidine rings is 1. The molecule has 1 aliphatic heterocycles. The van der Waals surface area contributed by atoms with E-state index in [-0.39, 0.29) is 5.91 Å². The Morgan fingerprint density at radius 2 is 1.92 bits per heavy atom. The molecule has 0 saturated carbocycles. The van der Waals surface area contributed by atoms with E-state index in [1.807, 2.05) is 33.9 Å². The summed E-state index contributed by atoms with van der Waals surface area (Å²) < 4.78 is 1.91. The van der Waals surface area contributed by atoms with Crippen LogP contribution in [0.25, 0.3) is 21.6 Å². The summed E-state index contributed by atoms with van der Waals surface area (Å²) >= 11 is 0. The highest BCUT2D eigenvalue weighted by Crippen LogP contribution is 2.22. The van der Waals surface area contributed by atoms with Gasteiger partial charge in [0.1, 0.15) is 11.8 Å². The summed E-state index contributed by atoms with van der Waals surface area (Å²) in [6.07, 6.45) is 8.56. The van der Waals surface area contributed by atoms with Crippen molar-refractivity contribution in [2.45, 2.75) is 19.3 Å². The van der Waals surface area contributed by atoms with Gasteiger partial charge in [-0.05, 0) is 43.5 Å². The number of aromatic nitrogens is 3. The Morgan fingerprint density at radius 1 is 1.08 bits per heavy atom. The number of nitrogens with zero attached hydrogens (tertiary/aromatic N) is 5. The van der Waals surface area contributed by atoms with Crippen LogP contribution in [0.15, 0.2) is 42.9 Å². The largest absolute Gasteiger partial charge is 0.361 e. The van der Waals surface area contributed by atoms with Crippen molar-refractivity contribution in [2.24, 2.45) is 0 Å². The van der Waals surface area contributed by atoms with E-state index in [4.69, 9.17) is 6.57 Å². The van der Waals surface area contributed by atoms with Crippen LogP contribution in [-0.4, -0.2) is 38.4 Å². The lowest BCUT2D eigenvalue weighted by atomic mass is 10.1. The lowest BCUT2D eigenvalue weighted by molar-refractivity contribution is 0.0724. The zero-order valence-corrected chi connectivity index (χ0v) is 13.7. The fourth-order valence-electron chi connectivity index (χ4n) is 3.22. The Morgan fingerprint density at radius 3 is 2.64 bits per heavy atom.